The van der Waals surface area contributed by atoms with Gasteiger partial charge in [-0.3, -0.25) is 4.79 Å². The molecule has 3 aromatic carbocycles. The van der Waals surface area contributed by atoms with E-state index in [1.807, 2.05) is 36.4 Å². The number of fused-ring (bicyclic) bond motifs is 3. The molecule has 147 valence electrons. The van der Waals surface area contributed by atoms with Crippen molar-refractivity contribution in [1.82, 2.24) is 4.57 Å². The number of primary amides is 1. The van der Waals surface area contributed by atoms with Crippen LogP contribution < -0.4 is 10.5 Å². The molecule has 0 saturated heterocycles. The summed E-state index contributed by atoms with van der Waals surface area (Å²) in [4.78, 5) is 12.1. The molecule has 1 radical (unpaired) electrons. The summed E-state index contributed by atoms with van der Waals surface area (Å²) in [6.45, 7) is 4.90. The third kappa shape index (κ3) is 3.34. The van der Waals surface area contributed by atoms with Crippen LogP contribution in [0.2, 0.25) is 5.02 Å². The highest BCUT2D eigenvalue weighted by atomic mass is 35.5. The Hall–Kier alpha value is -2.98. The molecule has 0 atom stereocenters. The van der Waals surface area contributed by atoms with Crippen molar-refractivity contribution < 1.29 is 9.53 Å². The predicted molar refractivity (Wildman–Crippen MR) is 118 cm³/mol. The molecule has 0 spiro atoms. The maximum Gasteiger partial charge on any atom is 0.249 e. The Kier molecular flexibility index (Phi) is 4.97. The van der Waals surface area contributed by atoms with Crippen molar-refractivity contribution in [3.05, 3.63) is 76.3 Å². The summed E-state index contributed by atoms with van der Waals surface area (Å²) in [5.41, 5.74) is 10.4. The van der Waals surface area contributed by atoms with Crippen molar-refractivity contribution in [2.24, 2.45) is 5.73 Å². The van der Waals surface area contributed by atoms with Crippen LogP contribution in [0.15, 0.2) is 48.5 Å². The fraction of sp³-hybridized carbons (Fsp3) is 0.208. The largest absolute Gasteiger partial charge is 0.495 e. The summed E-state index contributed by atoms with van der Waals surface area (Å²) in [5, 5.41) is 2.31. The second kappa shape index (κ2) is 7.45. The van der Waals surface area contributed by atoms with E-state index in [-0.39, 0.29) is 0 Å². The van der Waals surface area contributed by atoms with E-state index in [9.17, 15) is 4.79 Å². The zero-order chi connectivity index (χ0) is 20.7. The molecule has 1 amide bonds. The molecule has 2 N–H and O–H groups in total. The number of hydrogen-bond donors (Lipinski definition) is 1. The van der Waals surface area contributed by atoms with E-state index in [4.69, 9.17) is 22.1 Å². The molecule has 0 unspecified atom stereocenters. The fourth-order valence-electron chi connectivity index (χ4n) is 3.77. The number of halogens is 1. The van der Waals surface area contributed by atoms with Gasteiger partial charge in [0.2, 0.25) is 5.91 Å². The van der Waals surface area contributed by atoms with E-state index >= 15 is 0 Å². The van der Waals surface area contributed by atoms with Gasteiger partial charge in [-0.2, -0.15) is 0 Å². The third-order valence-corrected chi connectivity index (χ3v) is 5.60. The smallest absolute Gasteiger partial charge is 0.249 e. The molecule has 0 aliphatic heterocycles. The topological polar surface area (TPSA) is 57.2 Å². The number of ether oxygens (including phenoxy) is 1. The average molecular weight is 406 g/mol. The number of nitrogens with two attached hydrogens (primary N) is 1. The Morgan fingerprint density at radius 3 is 2.66 bits per heavy atom. The lowest BCUT2D eigenvalue weighted by molar-refractivity contribution is 0.100. The molecule has 29 heavy (non-hydrogen) atoms. The summed E-state index contributed by atoms with van der Waals surface area (Å²) in [5.74, 6) is 0.570. The second-order valence-corrected chi connectivity index (χ2v) is 7.87. The lowest BCUT2D eigenvalue weighted by atomic mass is 10.00. The summed E-state index contributed by atoms with van der Waals surface area (Å²) >= 11 is 6.34. The molecule has 1 aromatic heterocycles. The van der Waals surface area contributed by atoms with E-state index in [1.54, 1.807) is 13.2 Å². The van der Waals surface area contributed by atoms with Crippen molar-refractivity contribution in [3.8, 4) is 5.75 Å². The Balaban J connectivity index is 1.99. The Morgan fingerprint density at radius 2 is 2.00 bits per heavy atom. The number of carbonyl (C=O) groups excluding carboxylic acids is 1. The summed E-state index contributed by atoms with van der Waals surface area (Å²) in [6.07, 6.45) is 0. The van der Waals surface area contributed by atoms with Crippen molar-refractivity contribution in [1.29, 1.82) is 0 Å². The quantitative estimate of drug-likeness (QED) is 0.474. The van der Waals surface area contributed by atoms with Crippen molar-refractivity contribution >= 4 is 39.3 Å². The molecule has 5 heteroatoms. The highest BCUT2D eigenvalue weighted by Crippen LogP contribution is 2.34. The normalized spacial score (nSPS) is 11.5. The molecule has 4 nitrogen and oxygen atoms in total. The van der Waals surface area contributed by atoms with Gasteiger partial charge in [0.05, 0.1) is 23.2 Å². The van der Waals surface area contributed by atoms with Crippen LogP contribution in [-0.2, 0) is 6.54 Å². The van der Waals surface area contributed by atoms with Crippen LogP contribution in [0, 0.1) is 6.07 Å². The first-order valence-electron chi connectivity index (χ1n) is 9.49. The summed E-state index contributed by atoms with van der Waals surface area (Å²) in [6, 6.07) is 19.0. The van der Waals surface area contributed by atoms with Gasteiger partial charge < -0.3 is 15.0 Å². The van der Waals surface area contributed by atoms with Crippen LogP contribution in [0.25, 0.3) is 21.8 Å². The van der Waals surface area contributed by atoms with E-state index in [0.29, 0.717) is 28.8 Å². The zero-order valence-electron chi connectivity index (χ0n) is 16.6. The average Bonchev–Trinajstić information content (AvgIpc) is 3.01. The Morgan fingerprint density at radius 1 is 1.21 bits per heavy atom. The molecule has 0 saturated carbocycles. The molecule has 0 aliphatic rings. The summed E-state index contributed by atoms with van der Waals surface area (Å²) < 4.78 is 7.46. The van der Waals surface area contributed by atoms with Gasteiger partial charge in [0, 0.05) is 22.9 Å². The van der Waals surface area contributed by atoms with E-state index < -0.39 is 5.91 Å². The van der Waals surface area contributed by atoms with Gasteiger partial charge in [-0.1, -0.05) is 43.6 Å². The van der Waals surface area contributed by atoms with Crippen molar-refractivity contribution in [3.63, 3.8) is 0 Å². The van der Waals surface area contributed by atoms with Crippen LogP contribution in [0.4, 0.5) is 0 Å². The van der Waals surface area contributed by atoms with Gasteiger partial charge in [0.15, 0.2) is 0 Å². The standard InChI is InChI=1S/C24H22ClN2O2/c1-14(2)16-8-9-17-21(12-16)27(13-15-7-10-22(29-3)19(25)11-15)20-6-4-5-18(23(17)20)24(26)28/h4-8,10-12,14H,13H2,1-3H3,(H2,26,28). The lowest BCUT2D eigenvalue weighted by Gasteiger charge is -2.11. The first kappa shape index (κ1) is 19.3. The maximum atomic E-state index is 12.1. The SMILES string of the molecule is COc1ccc(Cn2c3cc(C(C)C)c[c]c3c3c(C(N)=O)cccc32)cc1Cl. The predicted octanol–water partition coefficient (Wildman–Crippen LogP) is 5.53. The maximum absolute atomic E-state index is 12.1. The number of methoxy groups -OCH3 is 1. The van der Waals surface area contributed by atoms with Gasteiger partial charge in [-0.15, -0.1) is 0 Å². The molecule has 0 aliphatic carbocycles. The number of aromatic nitrogens is 1. The minimum absolute atomic E-state index is 0.369. The van der Waals surface area contributed by atoms with Gasteiger partial charge in [0.1, 0.15) is 5.75 Å². The van der Waals surface area contributed by atoms with Crippen molar-refractivity contribution in [2.45, 2.75) is 26.3 Å². The lowest BCUT2D eigenvalue weighted by Crippen LogP contribution is -2.11. The molecule has 4 aromatic rings. The Labute approximate surface area is 174 Å². The van der Waals surface area contributed by atoms with Crippen molar-refractivity contribution in [2.75, 3.05) is 7.11 Å². The van der Waals surface area contributed by atoms with Gasteiger partial charge in [-0.25, -0.2) is 0 Å². The van der Waals surface area contributed by atoms with Crippen LogP contribution in [0.3, 0.4) is 0 Å². The van der Waals surface area contributed by atoms with Gasteiger partial charge in [-0.05, 0) is 53.4 Å². The number of nitrogens with zero attached hydrogens (tertiary/aromatic N) is 1. The first-order valence-corrected chi connectivity index (χ1v) is 9.87. The van der Waals surface area contributed by atoms with Crippen LogP contribution in [0.5, 0.6) is 5.75 Å². The summed E-state index contributed by atoms with van der Waals surface area (Å²) in [7, 11) is 1.60. The highest BCUT2D eigenvalue weighted by Gasteiger charge is 2.18. The van der Waals surface area contributed by atoms with Gasteiger partial charge in [0.25, 0.3) is 0 Å². The van der Waals surface area contributed by atoms with E-state index in [0.717, 1.165) is 27.4 Å². The fourth-order valence-corrected chi connectivity index (χ4v) is 4.05. The zero-order valence-corrected chi connectivity index (χ0v) is 17.4. The number of amides is 1. The monoisotopic (exact) mass is 405 g/mol. The highest BCUT2D eigenvalue weighted by molar-refractivity contribution is 6.32. The number of carbonyl (C=O) groups is 1. The second-order valence-electron chi connectivity index (χ2n) is 7.47. The molecule has 1 heterocycles. The van der Waals surface area contributed by atoms with Crippen LogP contribution in [0.1, 0.15) is 41.3 Å². The van der Waals surface area contributed by atoms with Crippen LogP contribution in [-0.4, -0.2) is 17.6 Å². The number of hydrogen-bond acceptors (Lipinski definition) is 2. The third-order valence-electron chi connectivity index (χ3n) is 5.31. The van der Waals surface area contributed by atoms with E-state index in [2.05, 4.69) is 30.5 Å². The first-order chi connectivity index (χ1) is 13.9. The number of rotatable bonds is 5. The minimum Gasteiger partial charge on any atom is -0.495 e. The molecular formula is C24H22ClN2O2. The molecular weight excluding hydrogens is 384 g/mol. The Bertz CT molecular complexity index is 1240. The van der Waals surface area contributed by atoms with Gasteiger partial charge >= 0.3 is 0 Å². The molecule has 4 rings (SSSR count). The molecule has 0 bridgehead atoms. The van der Waals surface area contributed by atoms with E-state index in [1.165, 1.54) is 5.56 Å². The minimum atomic E-state index is -0.441. The van der Waals surface area contributed by atoms with Crippen LogP contribution >= 0.6 is 11.6 Å². The number of benzene rings is 3. The molecule has 0 fully saturated rings.